The third-order valence-electron chi connectivity index (χ3n) is 1.91. The van der Waals surface area contributed by atoms with Crippen LogP contribution in [-0.2, 0) is 14.4 Å². The zero-order chi connectivity index (χ0) is 13.4. The lowest BCUT2D eigenvalue weighted by Gasteiger charge is -2.16. The van der Waals surface area contributed by atoms with Crippen LogP contribution in [0.2, 0.25) is 0 Å². The average Bonchev–Trinajstić information content (AvgIpc) is 2.24. The molecular weight excluding hydrogens is 248 g/mol. The fourth-order valence-electron chi connectivity index (χ4n) is 1.16. The topological polar surface area (TPSA) is 95.5 Å². The fraction of sp³-hybridized carbons (Fsp3) is 0.700. The van der Waals surface area contributed by atoms with E-state index in [1.165, 1.54) is 0 Å². The van der Waals surface area contributed by atoms with E-state index >= 15 is 0 Å². The number of amides is 2. The van der Waals surface area contributed by atoms with E-state index in [1.54, 1.807) is 0 Å². The van der Waals surface area contributed by atoms with Gasteiger partial charge in [-0.2, -0.15) is 0 Å². The monoisotopic (exact) mass is 264 g/mol. The first kappa shape index (κ1) is 15.7. The fourth-order valence-corrected chi connectivity index (χ4v) is 1.26. The molecule has 0 aliphatic heterocycles. The largest absolute Gasteiger partial charge is 0.480 e. The molecule has 98 valence electrons. The summed E-state index contributed by atoms with van der Waals surface area (Å²) in [5.41, 5.74) is 0. The molecule has 0 aromatic heterocycles. The molecular formula is C10H17ClN2O4. The summed E-state index contributed by atoms with van der Waals surface area (Å²) in [6, 6.07) is -0.935. The molecule has 0 aromatic carbocycles. The van der Waals surface area contributed by atoms with E-state index in [0.717, 1.165) is 0 Å². The van der Waals surface area contributed by atoms with Gasteiger partial charge < -0.3 is 15.7 Å². The lowest BCUT2D eigenvalue weighted by atomic mass is 10.0. The minimum Gasteiger partial charge on any atom is -0.480 e. The number of hydrogen-bond acceptors (Lipinski definition) is 3. The molecule has 0 heterocycles. The van der Waals surface area contributed by atoms with Crippen molar-refractivity contribution in [2.45, 2.75) is 26.3 Å². The van der Waals surface area contributed by atoms with Gasteiger partial charge in [0.2, 0.25) is 11.8 Å². The number of hydrogen-bond donors (Lipinski definition) is 3. The maximum absolute atomic E-state index is 11.3. The van der Waals surface area contributed by atoms with Crippen molar-refractivity contribution in [1.29, 1.82) is 0 Å². The number of carboxylic acids is 1. The minimum absolute atomic E-state index is 0.147. The molecule has 0 saturated heterocycles. The van der Waals surface area contributed by atoms with Gasteiger partial charge in [-0.25, -0.2) is 4.79 Å². The first-order chi connectivity index (χ1) is 7.86. The Labute approximate surface area is 105 Å². The highest BCUT2D eigenvalue weighted by Gasteiger charge is 2.20. The van der Waals surface area contributed by atoms with Crippen molar-refractivity contribution < 1.29 is 19.5 Å². The predicted molar refractivity (Wildman–Crippen MR) is 62.8 cm³/mol. The number of aliphatic carboxylic acids is 1. The summed E-state index contributed by atoms with van der Waals surface area (Å²) in [6.45, 7) is 3.45. The highest BCUT2D eigenvalue weighted by atomic mass is 35.5. The Morgan fingerprint density at radius 3 is 2.24 bits per heavy atom. The first-order valence-electron chi connectivity index (χ1n) is 5.21. The van der Waals surface area contributed by atoms with Gasteiger partial charge in [-0.15, -0.1) is 11.6 Å². The third kappa shape index (κ3) is 7.57. The van der Waals surface area contributed by atoms with Gasteiger partial charge in [0.1, 0.15) is 11.9 Å². The Balaban J connectivity index is 4.13. The van der Waals surface area contributed by atoms with E-state index in [9.17, 15) is 14.4 Å². The smallest absolute Gasteiger partial charge is 0.326 e. The summed E-state index contributed by atoms with van der Waals surface area (Å²) in [4.78, 5) is 32.9. The molecule has 0 rings (SSSR count). The van der Waals surface area contributed by atoms with Crippen molar-refractivity contribution in [2.75, 3.05) is 12.4 Å². The van der Waals surface area contributed by atoms with Crippen LogP contribution in [0.4, 0.5) is 0 Å². The Hall–Kier alpha value is -1.30. The predicted octanol–water partition coefficient (Wildman–Crippen LogP) is -0.0431. The van der Waals surface area contributed by atoms with Crippen LogP contribution < -0.4 is 10.6 Å². The molecule has 0 aliphatic carbocycles. The lowest BCUT2D eigenvalue weighted by molar-refractivity contribution is -0.142. The Bertz CT molecular complexity index is 294. The maximum atomic E-state index is 11.3. The number of rotatable bonds is 7. The van der Waals surface area contributed by atoms with Crippen molar-refractivity contribution in [3.8, 4) is 0 Å². The van der Waals surface area contributed by atoms with Gasteiger partial charge in [-0.3, -0.25) is 9.59 Å². The first-order valence-corrected chi connectivity index (χ1v) is 5.75. The van der Waals surface area contributed by atoms with Crippen LogP contribution in [0.15, 0.2) is 0 Å². The summed E-state index contributed by atoms with van der Waals surface area (Å²) in [5, 5.41) is 13.5. The Morgan fingerprint density at radius 1 is 1.24 bits per heavy atom. The molecule has 1 atom stereocenters. The van der Waals surface area contributed by atoms with Crippen LogP contribution in [0, 0.1) is 5.92 Å². The number of carbonyl (C=O) groups is 3. The van der Waals surface area contributed by atoms with Gasteiger partial charge in [0, 0.05) is 0 Å². The quantitative estimate of drug-likeness (QED) is 0.562. The molecule has 0 radical (unpaired) electrons. The Morgan fingerprint density at radius 2 is 1.82 bits per heavy atom. The van der Waals surface area contributed by atoms with Crippen LogP contribution in [0.25, 0.3) is 0 Å². The van der Waals surface area contributed by atoms with Crippen molar-refractivity contribution in [2.24, 2.45) is 5.92 Å². The zero-order valence-corrected chi connectivity index (χ0v) is 10.6. The molecule has 0 spiro atoms. The normalized spacial score (nSPS) is 12.0. The molecule has 0 fully saturated rings. The molecule has 0 unspecified atom stereocenters. The van der Waals surface area contributed by atoms with Gasteiger partial charge in [-0.1, -0.05) is 13.8 Å². The summed E-state index contributed by atoms with van der Waals surface area (Å²) in [6.07, 6.45) is 0.338. The van der Waals surface area contributed by atoms with Crippen LogP contribution >= 0.6 is 11.6 Å². The number of carboxylic acid groups (broad SMARTS) is 1. The SMILES string of the molecule is CC(C)C[C@H](NC(=O)CNC(=O)CCl)C(=O)O. The van der Waals surface area contributed by atoms with Crippen LogP contribution in [0.5, 0.6) is 0 Å². The highest BCUT2D eigenvalue weighted by molar-refractivity contribution is 6.27. The van der Waals surface area contributed by atoms with Crippen molar-refractivity contribution >= 4 is 29.4 Å². The van der Waals surface area contributed by atoms with Gasteiger partial charge in [-0.05, 0) is 12.3 Å². The van der Waals surface area contributed by atoms with Crippen molar-refractivity contribution in [1.82, 2.24) is 10.6 Å². The summed E-state index contributed by atoms with van der Waals surface area (Å²) in [7, 11) is 0. The summed E-state index contributed by atoms with van der Waals surface area (Å²) < 4.78 is 0. The molecule has 0 bridgehead atoms. The van der Waals surface area contributed by atoms with E-state index in [1.807, 2.05) is 13.8 Å². The second-order valence-corrected chi connectivity index (χ2v) is 4.27. The molecule has 0 aliphatic rings. The number of carbonyl (C=O) groups excluding carboxylic acids is 2. The molecule has 2 amide bonds. The molecule has 0 saturated carbocycles. The number of alkyl halides is 1. The minimum atomic E-state index is -1.09. The zero-order valence-electron chi connectivity index (χ0n) is 9.83. The molecule has 6 nitrogen and oxygen atoms in total. The molecule has 17 heavy (non-hydrogen) atoms. The molecule has 0 aromatic rings. The van der Waals surface area contributed by atoms with Crippen LogP contribution in [0.3, 0.4) is 0 Å². The van der Waals surface area contributed by atoms with Crippen LogP contribution in [-0.4, -0.2) is 41.4 Å². The van der Waals surface area contributed by atoms with Crippen LogP contribution in [0.1, 0.15) is 20.3 Å². The van der Waals surface area contributed by atoms with Crippen molar-refractivity contribution in [3.05, 3.63) is 0 Å². The summed E-state index contributed by atoms with van der Waals surface area (Å²) >= 11 is 5.22. The number of halogens is 1. The maximum Gasteiger partial charge on any atom is 0.326 e. The van der Waals surface area contributed by atoms with E-state index < -0.39 is 23.8 Å². The number of nitrogens with one attached hydrogen (secondary N) is 2. The average molecular weight is 265 g/mol. The second kappa shape index (κ2) is 7.89. The molecule has 7 heteroatoms. The van der Waals surface area contributed by atoms with E-state index in [4.69, 9.17) is 16.7 Å². The second-order valence-electron chi connectivity index (χ2n) is 4.00. The van der Waals surface area contributed by atoms with Gasteiger partial charge in [0.05, 0.1) is 6.54 Å². The van der Waals surface area contributed by atoms with Gasteiger partial charge >= 0.3 is 5.97 Å². The van der Waals surface area contributed by atoms with Crippen molar-refractivity contribution in [3.63, 3.8) is 0 Å². The standard InChI is InChI=1S/C10H17ClN2O4/c1-6(2)3-7(10(16)17)13-9(15)5-12-8(14)4-11/h6-7H,3-5H2,1-2H3,(H,12,14)(H,13,15)(H,16,17)/t7-/m0/s1. The van der Waals surface area contributed by atoms with E-state index in [0.29, 0.717) is 6.42 Å². The van der Waals surface area contributed by atoms with Gasteiger partial charge in [0.15, 0.2) is 0 Å². The lowest BCUT2D eigenvalue weighted by Crippen LogP contribution is -2.46. The highest BCUT2D eigenvalue weighted by Crippen LogP contribution is 2.04. The third-order valence-corrected chi connectivity index (χ3v) is 2.15. The van der Waals surface area contributed by atoms with E-state index in [2.05, 4.69) is 10.6 Å². The summed E-state index contributed by atoms with van der Waals surface area (Å²) in [5.74, 6) is -2.19. The van der Waals surface area contributed by atoms with E-state index in [-0.39, 0.29) is 18.3 Å². The van der Waals surface area contributed by atoms with Gasteiger partial charge in [0.25, 0.3) is 0 Å². The molecule has 3 N–H and O–H groups in total. The Kier molecular flexibility index (Phi) is 7.29.